The predicted octanol–water partition coefficient (Wildman–Crippen LogP) is 4.53. The van der Waals surface area contributed by atoms with E-state index in [9.17, 15) is 0 Å². The van der Waals surface area contributed by atoms with Crippen LogP contribution in [0.4, 0.5) is 0 Å². The fourth-order valence-corrected chi connectivity index (χ4v) is 2.34. The second kappa shape index (κ2) is 6.57. The lowest BCUT2D eigenvalue weighted by Gasteiger charge is -2.12. The number of oxime groups is 1. The Bertz CT molecular complexity index is 638. The smallest absolute Gasteiger partial charge is 0.129 e. The number of benzene rings is 2. The molecule has 2 aromatic rings. The molecule has 0 aromatic heterocycles. The van der Waals surface area contributed by atoms with E-state index in [1.807, 2.05) is 49.4 Å². The molecule has 0 atom stereocenters. The van der Waals surface area contributed by atoms with Crippen LogP contribution in [0, 0.1) is 6.92 Å². The van der Waals surface area contributed by atoms with Crippen molar-refractivity contribution in [3.8, 4) is 5.75 Å². The highest BCUT2D eigenvalue weighted by Crippen LogP contribution is 2.23. The summed E-state index contributed by atoms with van der Waals surface area (Å²) in [6.45, 7) is 4.21. The lowest BCUT2D eigenvalue weighted by molar-refractivity contribution is 0.303. The first-order valence-electron chi connectivity index (χ1n) is 6.27. The Balaban J connectivity index is 2.22. The van der Waals surface area contributed by atoms with Crippen LogP contribution in [0.25, 0.3) is 0 Å². The molecule has 0 bridgehead atoms. The monoisotopic (exact) mass is 333 g/mol. The van der Waals surface area contributed by atoms with E-state index >= 15 is 0 Å². The van der Waals surface area contributed by atoms with Gasteiger partial charge in [0.25, 0.3) is 0 Å². The van der Waals surface area contributed by atoms with Crippen molar-refractivity contribution >= 4 is 21.6 Å². The maximum absolute atomic E-state index is 8.93. The highest BCUT2D eigenvalue weighted by Gasteiger charge is 2.08. The summed E-state index contributed by atoms with van der Waals surface area (Å²) in [7, 11) is 0. The largest absolute Gasteiger partial charge is 0.488 e. The third kappa shape index (κ3) is 3.61. The van der Waals surface area contributed by atoms with Crippen LogP contribution in [-0.2, 0) is 6.61 Å². The van der Waals surface area contributed by atoms with Gasteiger partial charge in [0, 0.05) is 10.0 Å². The molecular weight excluding hydrogens is 318 g/mol. The maximum atomic E-state index is 8.93. The van der Waals surface area contributed by atoms with Crippen LogP contribution in [0.3, 0.4) is 0 Å². The van der Waals surface area contributed by atoms with Gasteiger partial charge in [0.15, 0.2) is 0 Å². The summed E-state index contributed by atoms with van der Waals surface area (Å²) < 4.78 is 6.89. The Hall–Kier alpha value is -1.81. The molecule has 0 unspecified atom stereocenters. The summed E-state index contributed by atoms with van der Waals surface area (Å²) in [5, 5.41) is 12.2. The van der Waals surface area contributed by atoms with Crippen LogP contribution >= 0.6 is 15.9 Å². The van der Waals surface area contributed by atoms with E-state index in [4.69, 9.17) is 9.94 Å². The van der Waals surface area contributed by atoms with Crippen LogP contribution in [0.2, 0.25) is 0 Å². The molecule has 0 aliphatic carbocycles. The van der Waals surface area contributed by atoms with Gasteiger partial charge in [-0.2, -0.15) is 0 Å². The van der Waals surface area contributed by atoms with Gasteiger partial charge in [-0.3, -0.25) is 0 Å². The molecule has 0 amide bonds. The number of hydrogen-bond donors (Lipinski definition) is 1. The molecule has 2 aromatic carbocycles. The summed E-state index contributed by atoms with van der Waals surface area (Å²) in [5.74, 6) is 0.722. The van der Waals surface area contributed by atoms with Gasteiger partial charge in [-0.25, -0.2) is 0 Å². The van der Waals surface area contributed by atoms with Crippen molar-refractivity contribution in [1.82, 2.24) is 0 Å². The Morgan fingerprint density at radius 3 is 2.75 bits per heavy atom. The molecule has 0 fully saturated rings. The molecule has 0 radical (unpaired) electrons. The van der Waals surface area contributed by atoms with E-state index in [0.717, 1.165) is 26.9 Å². The zero-order chi connectivity index (χ0) is 14.5. The van der Waals surface area contributed by atoms with Crippen molar-refractivity contribution in [2.24, 2.45) is 5.16 Å². The average Bonchev–Trinajstić information content (AvgIpc) is 2.44. The fraction of sp³-hybridized carbons (Fsp3) is 0.188. The molecule has 20 heavy (non-hydrogen) atoms. The minimum Gasteiger partial charge on any atom is -0.488 e. The summed E-state index contributed by atoms with van der Waals surface area (Å²) in [5.41, 5.74) is 3.51. The molecule has 104 valence electrons. The molecule has 0 aliphatic heterocycles. The first kappa shape index (κ1) is 14.6. The van der Waals surface area contributed by atoms with Gasteiger partial charge in [0.05, 0.1) is 5.71 Å². The van der Waals surface area contributed by atoms with Crippen molar-refractivity contribution in [2.75, 3.05) is 0 Å². The zero-order valence-corrected chi connectivity index (χ0v) is 13.0. The third-order valence-corrected chi connectivity index (χ3v) is 3.45. The van der Waals surface area contributed by atoms with Gasteiger partial charge in [-0.1, -0.05) is 39.3 Å². The lowest BCUT2D eigenvalue weighted by Crippen LogP contribution is -2.03. The van der Waals surface area contributed by atoms with E-state index in [1.165, 1.54) is 0 Å². The summed E-state index contributed by atoms with van der Waals surface area (Å²) >= 11 is 3.44. The SMILES string of the molecule is CC(=NO)c1ccc(C)cc1OCc1cccc(Br)c1. The molecule has 0 heterocycles. The lowest BCUT2D eigenvalue weighted by atomic mass is 10.1. The van der Waals surface area contributed by atoms with Crippen molar-refractivity contribution in [3.63, 3.8) is 0 Å². The summed E-state index contributed by atoms with van der Waals surface area (Å²) in [6.07, 6.45) is 0. The van der Waals surface area contributed by atoms with Crippen LogP contribution in [0.15, 0.2) is 52.1 Å². The Labute approximate surface area is 127 Å². The van der Waals surface area contributed by atoms with Gasteiger partial charge in [-0.05, 0) is 49.2 Å². The maximum Gasteiger partial charge on any atom is 0.129 e. The van der Waals surface area contributed by atoms with Crippen LogP contribution in [-0.4, -0.2) is 10.9 Å². The Morgan fingerprint density at radius 2 is 2.05 bits per heavy atom. The minimum atomic E-state index is 0.467. The Morgan fingerprint density at radius 1 is 1.25 bits per heavy atom. The number of aryl methyl sites for hydroxylation is 1. The molecule has 0 saturated heterocycles. The number of hydrogen-bond acceptors (Lipinski definition) is 3. The van der Waals surface area contributed by atoms with Crippen molar-refractivity contribution in [3.05, 3.63) is 63.6 Å². The number of rotatable bonds is 4. The van der Waals surface area contributed by atoms with E-state index in [1.54, 1.807) is 6.92 Å². The molecule has 1 N–H and O–H groups in total. The Kier molecular flexibility index (Phi) is 4.79. The highest BCUT2D eigenvalue weighted by molar-refractivity contribution is 9.10. The second-order valence-corrected chi connectivity index (χ2v) is 5.52. The highest BCUT2D eigenvalue weighted by atomic mass is 79.9. The standard InChI is InChI=1S/C16H16BrNO2/c1-11-6-7-15(12(2)18-19)16(8-11)20-10-13-4-3-5-14(17)9-13/h3-9,19H,10H2,1-2H3. The van der Waals surface area contributed by atoms with Crippen LogP contribution < -0.4 is 4.74 Å². The van der Waals surface area contributed by atoms with E-state index in [-0.39, 0.29) is 0 Å². The fourth-order valence-electron chi connectivity index (χ4n) is 1.89. The molecule has 4 heteroatoms. The average molecular weight is 334 g/mol. The number of halogens is 1. The number of ether oxygens (including phenoxy) is 1. The van der Waals surface area contributed by atoms with Gasteiger partial charge in [0.1, 0.15) is 12.4 Å². The minimum absolute atomic E-state index is 0.467. The first-order valence-corrected chi connectivity index (χ1v) is 7.06. The van der Waals surface area contributed by atoms with Crippen LogP contribution in [0.1, 0.15) is 23.6 Å². The predicted molar refractivity (Wildman–Crippen MR) is 83.7 cm³/mol. The zero-order valence-electron chi connectivity index (χ0n) is 11.4. The molecular formula is C16H16BrNO2. The van der Waals surface area contributed by atoms with Crippen LogP contribution in [0.5, 0.6) is 5.75 Å². The number of nitrogens with zero attached hydrogens (tertiary/aromatic N) is 1. The normalized spacial score (nSPS) is 11.4. The van der Waals surface area contributed by atoms with Gasteiger partial charge < -0.3 is 9.94 Å². The topological polar surface area (TPSA) is 41.8 Å². The molecule has 3 nitrogen and oxygen atoms in total. The molecule has 0 aliphatic rings. The third-order valence-electron chi connectivity index (χ3n) is 2.96. The summed E-state index contributed by atoms with van der Waals surface area (Å²) in [4.78, 5) is 0. The van der Waals surface area contributed by atoms with E-state index in [0.29, 0.717) is 12.3 Å². The van der Waals surface area contributed by atoms with E-state index < -0.39 is 0 Å². The van der Waals surface area contributed by atoms with Crippen molar-refractivity contribution in [1.29, 1.82) is 0 Å². The molecule has 2 rings (SSSR count). The second-order valence-electron chi connectivity index (χ2n) is 4.60. The van der Waals surface area contributed by atoms with Gasteiger partial charge >= 0.3 is 0 Å². The molecule has 0 saturated carbocycles. The first-order chi connectivity index (χ1) is 9.60. The van der Waals surface area contributed by atoms with Crippen molar-refractivity contribution < 1.29 is 9.94 Å². The van der Waals surface area contributed by atoms with Crippen molar-refractivity contribution in [2.45, 2.75) is 20.5 Å². The van der Waals surface area contributed by atoms with Gasteiger partial charge in [-0.15, -0.1) is 0 Å². The summed E-state index contributed by atoms with van der Waals surface area (Å²) in [6, 6.07) is 13.8. The quantitative estimate of drug-likeness (QED) is 0.507. The van der Waals surface area contributed by atoms with Gasteiger partial charge in [0.2, 0.25) is 0 Å². The van der Waals surface area contributed by atoms with E-state index in [2.05, 4.69) is 21.1 Å². The molecule has 0 spiro atoms.